The van der Waals surface area contributed by atoms with Gasteiger partial charge in [-0.25, -0.2) is 0 Å². The molecule has 2 aromatic carbocycles. The molecule has 0 bridgehead atoms. The van der Waals surface area contributed by atoms with Gasteiger partial charge in [0.1, 0.15) is 11.5 Å². The van der Waals surface area contributed by atoms with Gasteiger partial charge in [-0.2, -0.15) is 0 Å². The molecule has 0 radical (unpaired) electrons. The maximum Gasteiger partial charge on any atom is 0.270 e. The van der Waals surface area contributed by atoms with E-state index in [1.54, 1.807) is 42.5 Å². The molecule has 0 saturated carbocycles. The van der Waals surface area contributed by atoms with Crippen molar-refractivity contribution in [2.75, 3.05) is 18.1 Å². The summed E-state index contributed by atoms with van der Waals surface area (Å²) in [6.07, 6.45) is 1.61. The molecule has 1 fully saturated rings. The first-order valence-corrected chi connectivity index (χ1v) is 11.8. The van der Waals surface area contributed by atoms with E-state index in [4.69, 9.17) is 28.2 Å². The Morgan fingerprint density at radius 2 is 1.91 bits per heavy atom. The molecule has 2 heterocycles. The number of aliphatic hydroxyl groups is 2. The van der Waals surface area contributed by atoms with Gasteiger partial charge in [-0.3, -0.25) is 14.5 Å². The number of aliphatic hydroxyl groups excluding tert-OH is 2. The predicted octanol–water partition coefficient (Wildman–Crippen LogP) is 4.09. The molecule has 7 nitrogen and oxygen atoms in total. The maximum atomic E-state index is 13.1. The van der Waals surface area contributed by atoms with Crippen LogP contribution < -0.4 is 10.2 Å². The van der Waals surface area contributed by atoms with Gasteiger partial charge in [-0.1, -0.05) is 53.8 Å². The monoisotopic (exact) mass is 514 g/mol. The zero-order chi connectivity index (χ0) is 24.2. The van der Waals surface area contributed by atoms with Crippen molar-refractivity contribution < 1.29 is 24.2 Å². The van der Waals surface area contributed by atoms with Crippen LogP contribution in [-0.2, 0) is 4.79 Å². The number of hydrogen-bond acceptors (Lipinski definition) is 7. The van der Waals surface area contributed by atoms with Gasteiger partial charge in [0.05, 0.1) is 34.9 Å². The standard InChI is InChI=1S/C24H19ClN2O5S2/c25-19-7-2-1-6-18(19)20-9-8-17(32-20)11-21-23(31)27(24(33)34-21)16-5-3-4-14(10-16)22(30)26-15(12-28)13-29/h1-11,15,28-29H,12-13H2,(H,26,30)/b21-11+. The first-order chi connectivity index (χ1) is 16.4. The van der Waals surface area contributed by atoms with E-state index in [2.05, 4.69) is 5.32 Å². The fraction of sp³-hybridized carbons (Fsp3) is 0.125. The van der Waals surface area contributed by atoms with Crippen LogP contribution in [0.1, 0.15) is 16.1 Å². The second-order valence-corrected chi connectivity index (χ2v) is 9.37. The highest BCUT2D eigenvalue weighted by atomic mass is 35.5. The fourth-order valence-corrected chi connectivity index (χ4v) is 4.77. The quantitative estimate of drug-likeness (QED) is 0.322. The van der Waals surface area contributed by atoms with Crippen LogP contribution in [0, 0.1) is 0 Å². The molecule has 0 spiro atoms. The molecule has 2 amide bonds. The largest absolute Gasteiger partial charge is 0.457 e. The number of thiocarbonyl (C=S) groups is 1. The van der Waals surface area contributed by atoms with Gasteiger partial charge in [0.25, 0.3) is 11.8 Å². The van der Waals surface area contributed by atoms with E-state index in [9.17, 15) is 19.8 Å². The molecule has 10 heteroatoms. The summed E-state index contributed by atoms with van der Waals surface area (Å²) in [6.45, 7) is -0.793. The number of carbonyl (C=O) groups excluding carboxylic acids is 2. The Labute approximate surface area is 210 Å². The van der Waals surface area contributed by atoms with Crippen molar-refractivity contribution in [2.45, 2.75) is 6.04 Å². The van der Waals surface area contributed by atoms with Crippen molar-refractivity contribution in [3.05, 3.63) is 81.9 Å². The van der Waals surface area contributed by atoms with E-state index in [1.807, 2.05) is 18.2 Å². The minimum absolute atomic E-state index is 0.262. The van der Waals surface area contributed by atoms with Gasteiger partial charge in [0.2, 0.25) is 0 Å². The van der Waals surface area contributed by atoms with Gasteiger partial charge in [-0.15, -0.1) is 0 Å². The fourth-order valence-electron chi connectivity index (χ4n) is 3.26. The molecule has 34 heavy (non-hydrogen) atoms. The molecule has 0 atom stereocenters. The summed E-state index contributed by atoms with van der Waals surface area (Å²) in [7, 11) is 0. The second-order valence-electron chi connectivity index (χ2n) is 7.28. The average Bonchev–Trinajstić information content (AvgIpc) is 3.41. The number of benzene rings is 2. The van der Waals surface area contributed by atoms with Crippen molar-refractivity contribution in [1.29, 1.82) is 0 Å². The van der Waals surface area contributed by atoms with Crippen LogP contribution in [0.4, 0.5) is 5.69 Å². The summed E-state index contributed by atoms with van der Waals surface area (Å²) in [5.41, 5.74) is 1.44. The Hall–Kier alpha value is -2.95. The highest BCUT2D eigenvalue weighted by molar-refractivity contribution is 8.27. The molecule has 3 aromatic rings. The van der Waals surface area contributed by atoms with Crippen molar-refractivity contribution in [3.63, 3.8) is 0 Å². The number of nitrogens with one attached hydrogen (secondary N) is 1. The van der Waals surface area contributed by atoms with Crippen LogP contribution in [0.2, 0.25) is 5.02 Å². The summed E-state index contributed by atoms with van der Waals surface area (Å²) >= 11 is 12.8. The lowest BCUT2D eigenvalue weighted by Crippen LogP contribution is -2.40. The zero-order valence-electron chi connectivity index (χ0n) is 17.6. The zero-order valence-corrected chi connectivity index (χ0v) is 20.0. The van der Waals surface area contributed by atoms with Crippen LogP contribution >= 0.6 is 35.6 Å². The van der Waals surface area contributed by atoms with Crippen LogP contribution in [-0.4, -0.2) is 45.6 Å². The van der Waals surface area contributed by atoms with E-state index in [0.717, 1.165) is 17.3 Å². The van der Waals surface area contributed by atoms with Crippen LogP contribution in [0.25, 0.3) is 17.4 Å². The Morgan fingerprint density at radius 3 is 2.65 bits per heavy atom. The molecule has 1 aromatic heterocycles. The third kappa shape index (κ3) is 5.08. The molecule has 1 aliphatic heterocycles. The second kappa shape index (κ2) is 10.5. The van der Waals surface area contributed by atoms with E-state index in [-0.39, 0.29) is 11.5 Å². The SMILES string of the molecule is O=C(NC(CO)CO)c1cccc(N2C(=O)/C(=C\c3ccc(-c4ccccc4Cl)o3)SC2=S)c1. The molecule has 1 saturated heterocycles. The normalized spacial score (nSPS) is 14.9. The highest BCUT2D eigenvalue weighted by Crippen LogP contribution is 2.37. The number of nitrogens with zero attached hydrogens (tertiary/aromatic N) is 1. The minimum Gasteiger partial charge on any atom is -0.457 e. The minimum atomic E-state index is -0.778. The summed E-state index contributed by atoms with van der Waals surface area (Å²) in [6, 6.07) is 16.4. The van der Waals surface area contributed by atoms with Gasteiger partial charge in [-0.05, 0) is 42.5 Å². The van der Waals surface area contributed by atoms with E-state index in [1.165, 1.54) is 11.0 Å². The molecular weight excluding hydrogens is 496 g/mol. The number of hydrogen-bond donors (Lipinski definition) is 3. The lowest BCUT2D eigenvalue weighted by Gasteiger charge is -2.17. The molecule has 174 valence electrons. The Bertz CT molecular complexity index is 1290. The number of rotatable bonds is 7. The number of amides is 2. The lowest BCUT2D eigenvalue weighted by atomic mass is 10.1. The van der Waals surface area contributed by atoms with Gasteiger partial charge in [0, 0.05) is 17.2 Å². The first-order valence-electron chi connectivity index (χ1n) is 10.2. The number of halogens is 1. The summed E-state index contributed by atoms with van der Waals surface area (Å²) in [5.74, 6) is 0.225. The third-order valence-electron chi connectivity index (χ3n) is 4.98. The summed E-state index contributed by atoms with van der Waals surface area (Å²) in [4.78, 5) is 27.3. The van der Waals surface area contributed by atoms with E-state index in [0.29, 0.717) is 31.5 Å². The number of furan rings is 1. The molecule has 0 aliphatic carbocycles. The van der Waals surface area contributed by atoms with Crippen LogP contribution in [0.3, 0.4) is 0 Å². The molecule has 0 unspecified atom stereocenters. The van der Waals surface area contributed by atoms with Crippen molar-refractivity contribution in [1.82, 2.24) is 5.32 Å². The maximum absolute atomic E-state index is 13.1. The van der Waals surface area contributed by atoms with Crippen LogP contribution in [0.15, 0.2) is 70.0 Å². The van der Waals surface area contributed by atoms with Gasteiger partial charge < -0.3 is 19.9 Å². The molecular formula is C24H19ClN2O5S2. The van der Waals surface area contributed by atoms with Gasteiger partial charge >= 0.3 is 0 Å². The summed E-state index contributed by atoms with van der Waals surface area (Å²) < 4.78 is 6.18. The molecule has 3 N–H and O–H groups in total. The van der Waals surface area contributed by atoms with E-state index < -0.39 is 25.2 Å². The Morgan fingerprint density at radius 1 is 1.15 bits per heavy atom. The Balaban J connectivity index is 1.55. The lowest BCUT2D eigenvalue weighted by molar-refractivity contribution is -0.113. The van der Waals surface area contributed by atoms with Crippen molar-refractivity contribution in [2.24, 2.45) is 0 Å². The topological polar surface area (TPSA) is 103 Å². The smallest absolute Gasteiger partial charge is 0.270 e. The molecule has 1 aliphatic rings. The average molecular weight is 515 g/mol. The molecule has 4 rings (SSSR count). The predicted molar refractivity (Wildman–Crippen MR) is 137 cm³/mol. The van der Waals surface area contributed by atoms with Gasteiger partial charge in [0.15, 0.2) is 4.32 Å². The number of thioether (sulfide) groups is 1. The van der Waals surface area contributed by atoms with Crippen molar-refractivity contribution in [3.8, 4) is 11.3 Å². The first kappa shape index (κ1) is 24.2. The number of carbonyl (C=O) groups is 2. The van der Waals surface area contributed by atoms with Crippen molar-refractivity contribution >= 4 is 63.5 Å². The van der Waals surface area contributed by atoms with E-state index >= 15 is 0 Å². The highest BCUT2D eigenvalue weighted by Gasteiger charge is 2.34. The Kier molecular flexibility index (Phi) is 7.50. The third-order valence-corrected chi connectivity index (χ3v) is 6.61. The van der Waals surface area contributed by atoms with Crippen LogP contribution in [0.5, 0.6) is 0 Å². The summed E-state index contributed by atoms with van der Waals surface area (Å²) in [5, 5.41) is 21.4. The number of anilines is 1.